The quantitative estimate of drug-likeness (QED) is 0.286. The summed E-state index contributed by atoms with van der Waals surface area (Å²) in [5.41, 5.74) is 1.91. The van der Waals surface area contributed by atoms with Crippen molar-refractivity contribution in [1.29, 1.82) is 0 Å². The van der Waals surface area contributed by atoms with Crippen LogP contribution in [0, 0.1) is 16.0 Å². The van der Waals surface area contributed by atoms with Crippen LogP contribution in [0.2, 0.25) is 0 Å². The number of rotatable bonds is 7. The zero-order valence-electron chi connectivity index (χ0n) is 20.0. The summed E-state index contributed by atoms with van der Waals surface area (Å²) in [5.74, 6) is 0.350. The minimum Gasteiger partial charge on any atom is -0.497 e. The number of halogens is 1. The Labute approximate surface area is 209 Å². The Balaban J connectivity index is 2.00. The van der Waals surface area contributed by atoms with Gasteiger partial charge >= 0.3 is 6.09 Å². The van der Waals surface area contributed by atoms with Gasteiger partial charge in [0.2, 0.25) is 6.54 Å². The fraction of sp³-hybridized carbons (Fsp3) is 0.423. The van der Waals surface area contributed by atoms with Gasteiger partial charge in [-0.15, -0.1) is 0 Å². The van der Waals surface area contributed by atoms with Gasteiger partial charge in [-0.05, 0) is 93.5 Å². The first kappa shape index (κ1) is 25.7. The second-order valence-corrected chi connectivity index (χ2v) is 10.3. The third-order valence-electron chi connectivity index (χ3n) is 5.82. The molecule has 2 aromatic carbocycles. The first-order chi connectivity index (χ1) is 16.1. The van der Waals surface area contributed by atoms with Crippen molar-refractivity contribution in [1.82, 2.24) is 0 Å². The van der Waals surface area contributed by atoms with Crippen molar-refractivity contribution >= 4 is 27.7 Å². The fourth-order valence-corrected chi connectivity index (χ4v) is 4.57. The van der Waals surface area contributed by atoms with Gasteiger partial charge in [0, 0.05) is 15.6 Å². The summed E-state index contributed by atoms with van der Waals surface area (Å²) < 4.78 is 11.9. The van der Waals surface area contributed by atoms with Gasteiger partial charge in [0.15, 0.2) is 0 Å². The van der Waals surface area contributed by atoms with E-state index in [4.69, 9.17) is 9.47 Å². The van der Waals surface area contributed by atoms with Crippen molar-refractivity contribution < 1.29 is 19.2 Å². The second-order valence-electron chi connectivity index (χ2n) is 9.42. The summed E-state index contributed by atoms with van der Waals surface area (Å²) in [4.78, 5) is 26.0. The average molecular weight is 531 g/mol. The summed E-state index contributed by atoms with van der Waals surface area (Å²) in [7, 11) is 1.59. The van der Waals surface area contributed by atoms with Gasteiger partial charge in [-0.3, -0.25) is 15.0 Å². The second kappa shape index (κ2) is 11.0. The number of benzene rings is 2. The molecule has 0 heterocycles. The van der Waals surface area contributed by atoms with E-state index in [1.807, 2.05) is 51.2 Å². The van der Waals surface area contributed by atoms with Gasteiger partial charge in [-0.1, -0.05) is 28.1 Å². The minimum atomic E-state index is -0.666. The van der Waals surface area contributed by atoms with E-state index in [2.05, 4.69) is 15.9 Å². The van der Waals surface area contributed by atoms with E-state index in [1.54, 1.807) is 31.4 Å². The topological polar surface area (TPSA) is 81.9 Å². The number of ether oxygens (including phenoxy) is 2. The zero-order valence-corrected chi connectivity index (χ0v) is 21.6. The Morgan fingerprint density at radius 3 is 2.41 bits per heavy atom. The molecule has 0 spiro atoms. The van der Waals surface area contributed by atoms with Crippen LogP contribution in [-0.2, 0) is 4.74 Å². The van der Waals surface area contributed by atoms with Gasteiger partial charge in [0.05, 0.1) is 18.7 Å². The van der Waals surface area contributed by atoms with Crippen LogP contribution >= 0.6 is 15.9 Å². The van der Waals surface area contributed by atoms with Crippen LogP contribution in [0.3, 0.4) is 0 Å². The molecule has 2 atom stereocenters. The lowest BCUT2D eigenvalue weighted by Crippen LogP contribution is -2.34. The summed E-state index contributed by atoms with van der Waals surface area (Å²) in [6.07, 6.45) is 3.83. The van der Waals surface area contributed by atoms with Crippen LogP contribution in [0.15, 0.2) is 64.8 Å². The first-order valence-corrected chi connectivity index (χ1v) is 12.1. The molecule has 1 fully saturated rings. The normalized spacial score (nSPS) is 17.9. The maximum absolute atomic E-state index is 13.2. The molecular weight excluding hydrogens is 500 g/mol. The van der Waals surface area contributed by atoms with Gasteiger partial charge < -0.3 is 9.47 Å². The highest BCUT2D eigenvalue weighted by molar-refractivity contribution is 9.10. The Morgan fingerprint density at radius 2 is 1.85 bits per heavy atom. The van der Waals surface area contributed by atoms with Crippen molar-refractivity contribution in [2.24, 2.45) is 5.92 Å². The predicted octanol–water partition coefficient (Wildman–Crippen LogP) is 6.94. The van der Waals surface area contributed by atoms with Gasteiger partial charge in [0.1, 0.15) is 11.4 Å². The van der Waals surface area contributed by atoms with Crippen molar-refractivity contribution in [2.45, 2.75) is 51.6 Å². The van der Waals surface area contributed by atoms with E-state index in [-0.39, 0.29) is 23.3 Å². The van der Waals surface area contributed by atoms with E-state index in [9.17, 15) is 14.9 Å². The molecule has 182 valence electrons. The van der Waals surface area contributed by atoms with Gasteiger partial charge in [0.25, 0.3) is 0 Å². The molecular formula is C26H31BrN2O5. The van der Waals surface area contributed by atoms with Gasteiger partial charge in [-0.25, -0.2) is 4.79 Å². The third-order valence-corrected chi connectivity index (χ3v) is 6.35. The van der Waals surface area contributed by atoms with Crippen LogP contribution in [0.1, 0.15) is 51.5 Å². The van der Waals surface area contributed by atoms with E-state index >= 15 is 0 Å². The van der Waals surface area contributed by atoms with Crippen molar-refractivity contribution in [3.05, 3.63) is 80.5 Å². The molecule has 34 heavy (non-hydrogen) atoms. The number of carbonyl (C=O) groups excluding carboxylic acids is 1. The molecule has 2 aromatic rings. The molecule has 1 aliphatic rings. The standard InChI is InChI=1S/C26H31BrN2O5/c1-26(2,3)34-25(30)28(21-12-14-22(33-4)15-13-21)16-19-6-5-7-23(19)24(17-29(31)32)18-8-10-20(27)11-9-18/h8-16,23-24H,5-7,17H2,1-4H3/b19-16-/t23-,24+/m1/s1. The number of hydrogen-bond donors (Lipinski definition) is 0. The lowest BCUT2D eigenvalue weighted by molar-refractivity contribution is -0.484. The highest BCUT2D eigenvalue weighted by atomic mass is 79.9. The van der Waals surface area contributed by atoms with Crippen LogP contribution in [0.25, 0.3) is 0 Å². The first-order valence-electron chi connectivity index (χ1n) is 11.3. The maximum atomic E-state index is 13.2. The van der Waals surface area contributed by atoms with E-state index in [1.165, 1.54) is 4.90 Å². The SMILES string of the molecule is COc1ccc(N(/C=C2/CCC[C@H]2[C@@H](C[N+](=O)[O-])c2ccc(Br)cc2)C(=O)OC(C)(C)C)cc1. The molecule has 0 unspecified atom stereocenters. The number of carbonyl (C=O) groups is 1. The van der Waals surface area contributed by atoms with Crippen LogP contribution < -0.4 is 9.64 Å². The number of anilines is 1. The van der Waals surface area contributed by atoms with Crippen molar-refractivity contribution in [2.75, 3.05) is 18.6 Å². The number of allylic oxidation sites excluding steroid dienone is 1. The number of hydrogen-bond acceptors (Lipinski definition) is 5. The van der Waals surface area contributed by atoms with Crippen molar-refractivity contribution in [3.63, 3.8) is 0 Å². The molecule has 0 bridgehead atoms. The van der Waals surface area contributed by atoms with Gasteiger partial charge in [-0.2, -0.15) is 0 Å². The number of methoxy groups -OCH3 is 1. The van der Waals surface area contributed by atoms with E-state index in [0.29, 0.717) is 11.4 Å². The number of amides is 1. The molecule has 0 aliphatic heterocycles. The molecule has 0 saturated heterocycles. The summed E-state index contributed by atoms with van der Waals surface area (Å²) in [6.45, 7) is 5.30. The molecule has 1 amide bonds. The number of nitrogens with zero attached hydrogens (tertiary/aromatic N) is 2. The van der Waals surface area contributed by atoms with Crippen LogP contribution in [0.4, 0.5) is 10.5 Å². The molecule has 1 aliphatic carbocycles. The predicted molar refractivity (Wildman–Crippen MR) is 136 cm³/mol. The largest absolute Gasteiger partial charge is 0.497 e. The number of nitro groups is 1. The lowest BCUT2D eigenvalue weighted by Gasteiger charge is -2.28. The van der Waals surface area contributed by atoms with E-state index < -0.39 is 11.7 Å². The smallest absolute Gasteiger partial charge is 0.418 e. The summed E-state index contributed by atoms with van der Waals surface area (Å²) in [6, 6.07) is 14.9. The zero-order chi connectivity index (χ0) is 24.9. The highest BCUT2D eigenvalue weighted by Gasteiger charge is 2.35. The Kier molecular flexibility index (Phi) is 8.36. The Hall–Kier alpha value is -2.87. The molecule has 1 saturated carbocycles. The molecule has 8 heteroatoms. The van der Waals surface area contributed by atoms with Crippen LogP contribution in [0.5, 0.6) is 5.75 Å². The molecule has 0 aromatic heterocycles. The lowest BCUT2D eigenvalue weighted by atomic mass is 9.82. The molecule has 0 N–H and O–H groups in total. The van der Waals surface area contributed by atoms with Crippen LogP contribution in [-0.4, -0.2) is 30.3 Å². The third kappa shape index (κ3) is 6.82. The Morgan fingerprint density at radius 1 is 1.21 bits per heavy atom. The maximum Gasteiger partial charge on any atom is 0.418 e. The monoisotopic (exact) mass is 530 g/mol. The molecule has 7 nitrogen and oxygen atoms in total. The molecule has 3 rings (SSSR count). The summed E-state index contributed by atoms with van der Waals surface area (Å²) >= 11 is 3.44. The summed E-state index contributed by atoms with van der Waals surface area (Å²) in [5, 5.41) is 11.6. The van der Waals surface area contributed by atoms with E-state index in [0.717, 1.165) is 34.9 Å². The Bertz CT molecular complexity index is 1030. The fourth-order valence-electron chi connectivity index (χ4n) is 4.30. The average Bonchev–Trinajstić information content (AvgIpc) is 3.23. The minimum absolute atomic E-state index is 0.0465. The molecule has 0 radical (unpaired) electrons. The van der Waals surface area contributed by atoms with Crippen molar-refractivity contribution in [3.8, 4) is 5.75 Å². The highest BCUT2D eigenvalue weighted by Crippen LogP contribution is 2.42.